The third-order valence-electron chi connectivity index (χ3n) is 3.23. The maximum absolute atomic E-state index is 13.6. The Morgan fingerprint density at radius 2 is 1.96 bits per heavy atom. The molecule has 0 radical (unpaired) electrons. The molecular weight excluding hydrogens is 311 g/mol. The number of anilines is 1. The Morgan fingerprint density at radius 1 is 1.21 bits per heavy atom. The summed E-state index contributed by atoms with van der Waals surface area (Å²) in [5, 5.41) is 11.6. The minimum atomic E-state index is -0.708. The first-order valence-electron chi connectivity index (χ1n) is 6.98. The van der Waals surface area contributed by atoms with Crippen molar-refractivity contribution < 1.29 is 18.7 Å². The Bertz CT molecular complexity index is 825. The second-order valence-electron chi connectivity index (χ2n) is 4.71. The Morgan fingerprint density at radius 3 is 2.58 bits per heavy atom. The molecule has 1 amide bonds. The van der Waals surface area contributed by atoms with Crippen LogP contribution in [0.2, 0.25) is 0 Å². The van der Waals surface area contributed by atoms with Crippen molar-refractivity contribution in [1.82, 2.24) is 0 Å². The maximum Gasteiger partial charge on any atom is 0.266 e. The molecule has 0 unspecified atom stereocenters. The molecule has 0 aromatic heterocycles. The zero-order chi connectivity index (χ0) is 17.5. The highest BCUT2D eigenvalue weighted by Gasteiger charge is 2.13. The Labute approximate surface area is 138 Å². The number of benzene rings is 2. The Kier molecular flexibility index (Phi) is 5.53. The van der Waals surface area contributed by atoms with Gasteiger partial charge in [0.1, 0.15) is 29.0 Å². The predicted octanol–water partition coefficient (Wildman–Crippen LogP) is 3.39. The third kappa shape index (κ3) is 3.90. The third-order valence-corrected chi connectivity index (χ3v) is 3.23. The van der Waals surface area contributed by atoms with E-state index in [-0.39, 0.29) is 11.3 Å². The van der Waals surface area contributed by atoms with E-state index < -0.39 is 11.7 Å². The zero-order valence-electron chi connectivity index (χ0n) is 13.2. The average molecular weight is 326 g/mol. The van der Waals surface area contributed by atoms with Crippen LogP contribution in [0, 0.1) is 17.1 Å². The Balaban J connectivity index is 2.31. The number of methoxy groups -OCH3 is 2. The number of para-hydroxylation sites is 1. The molecule has 2 aromatic rings. The second-order valence-corrected chi connectivity index (χ2v) is 4.71. The molecule has 5 nitrogen and oxygen atoms in total. The number of carbonyl (C=O) groups is 1. The standard InChI is InChI=1S/C18H15FN2O3/c1-23-14-8-7-12(17(10-14)24-2)9-13(11-20)18(22)21-16-6-4-3-5-15(16)19/h3-10H,1-2H3,(H,21,22). The lowest BCUT2D eigenvalue weighted by molar-refractivity contribution is -0.112. The highest BCUT2D eigenvalue weighted by Crippen LogP contribution is 2.26. The first kappa shape index (κ1) is 17.0. The van der Waals surface area contributed by atoms with Crippen molar-refractivity contribution in [2.45, 2.75) is 0 Å². The van der Waals surface area contributed by atoms with Gasteiger partial charge in [0.2, 0.25) is 0 Å². The summed E-state index contributed by atoms with van der Waals surface area (Å²) in [5.74, 6) is -0.259. The summed E-state index contributed by atoms with van der Waals surface area (Å²) in [6.07, 6.45) is 1.37. The van der Waals surface area contributed by atoms with Crippen LogP contribution in [0.15, 0.2) is 48.0 Å². The number of halogens is 1. The van der Waals surface area contributed by atoms with Crippen molar-refractivity contribution >= 4 is 17.7 Å². The quantitative estimate of drug-likeness (QED) is 0.675. The maximum atomic E-state index is 13.6. The van der Waals surface area contributed by atoms with E-state index in [1.807, 2.05) is 6.07 Å². The van der Waals surface area contributed by atoms with E-state index in [0.717, 1.165) is 0 Å². The first-order valence-corrected chi connectivity index (χ1v) is 6.98. The van der Waals surface area contributed by atoms with Crippen molar-refractivity contribution in [2.24, 2.45) is 0 Å². The van der Waals surface area contributed by atoms with Gasteiger partial charge in [-0.05, 0) is 30.3 Å². The molecule has 0 spiro atoms. The highest BCUT2D eigenvalue weighted by atomic mass is 19.1. The molecular formula is C18H15FN2O3. The van der Waals surface area contributed by atoms with Gasteiger partial charge in [0, 0.05) is 11.6 Å². The van der Waals surface area contributed by atoms with E-state index in [2.05, 4.69) is 5.32 Å². The fourth-order valence-electron chi connectivity index (χ4n) is 1.99. The molecule has 0 aliphatic heterocycles. The number of rotatable bonds is 5. The topological polar surface area (TPSA) is 71.3 Å². The monoisotopic (exact) mass is 326 g/mol. The molecule has 0 aliphatic carbocycles. The van der Waals surface area contributed by atoms with Crippen LogP contribution in [-0.4, -0.2) is 20.1 Å². The molecule has 122 valence electrons. The molecule has 0 fully saturated rings. The van der Waals surface area contributed by atoms with Crippen LogP contribution in [0.1, 0.15) is 5.56 Å². The number of hydrogen-bond acceptors (Lipinski definition) is 4. The summed E-state index contributed by atoms with van der Waals surface area (Å²) < 4.78 is 23.9. The van der Waals surface area contributed by atoms with Crippen LogP contribution in [0.5, 0.6) is 11.5 Å². The SMILES string of the molecule is COc1ccc(C=C(C#N)C(=O)Nc2ccccc2F)c(OC)c1. The van der Waals surface area contributed by atoms with Crippen LogP contribution in [-0.2, 0) is 4.79 Å². The van der Waals surface area contributed by atoms with Gasteiger partial charge in [0.05, 0.1) is 19.9 Å². The summed E-state index contributed by atoms with van der Waals surface area (Å²) in [5.41, 5.74) is 0.352. The van der Waals surface area contributed by atoms with Gasteiger partial charge in [0.15, 0.2) is 0 Å². The summed E-state index contributed by atoms with van der Waals surface area (Å²) in [4.78, 5) is 12.2. The zero-order valence-corrected chi connectivity index (χ0v) is 13.2. The number of nitrogens with one attached hydrogen (secondary N) is 1. The van der Waals surface area contributed by atoms with Crippen LogP contribution in [0.3, 0.4) is 0 Å². The van der Waals surface area contributed by atoms with E-state index in [1.54, 1.807) is 24.3 Å². The molecule has 2 rings (SSSR count). The predicted molar refractivity (Wildman–Crippen MR) is 88.2 cm³/mol. The molecule has 2 aromatic carbocycles. The molecule has 0 heterocycles. The number of nitrogens with zero attached hydrogens (tertiary/aromatic N) is 1. The van der Waals surface area contributed by atoms with Gasteiger partial charge in [-0.3, -0.25) is 4.79 Å². The van der Waals surface area contributed by atoms with Gasteiger partial charge in [0.25, 0.3) is 5.91 Å². The summed E-state index contributed by atoms with van der Waals surface area (Å²) >= 11 is 0. The molecule has 1 N–H and O–H groups in total. The molecule has 0 aliphatic rings. The van der Waals surface area contributed by atoms with Gasteiger partial charge >= 0.3 is 0 Å². The summed E-state index contributed by atoms with van der Waals surface area (Å²) in [7, 11) is 2.99. The molecule has 0 saturated carbocycles. The largest absolute Gasteiger partial charge is 0.497 e. The summed E-state index contributed by atoms with van der Waals surface area (Å²) in [6.45, 7) is 0. The normalized spacial score (nSPS) is 10.7. The lowest BCUT2D eigenvalue weighted by Gasteiger charge is -2.08. The van der Waals surface area contributed by atoms with E-state index in [0.29, 0.717) is 17.1 Å². The fraction of sp³-hybridized carbons (Fsp3) is 0.111. The van der Waals surface area contributed by atoms with Gasteiger partial charge < -0.3 is 14.8 Å². The number of nitriles is 1. The van der Waals surface area contributed by atoms with Gasteiger partial charge in [-0.15, -0.1) is 0 Å². The van der Waals surface area contributed by atoms with Crippen molar-refractivity contribution in [3.05, 3.63) is 59.4 Å². The number of amides is 1. The highest BCUT2D eigenvalue weighted by molar-refractivity contribution is 6.09. The molecule has 0 bridgehead atoms. The molecule has 0 atom stereocenters. The average Bonchev–Trinajstić information content (AvgIpc) is 2.61. The van der Waals surface area contributed by atoms with Crippen LogP contribution in [0.4, 0.5) is 10.1 Å². The van der Waals surface area contributed by atoms with E-state index in [1.165, 1.54) is 38.5 Å². The minimum absolute atomic E-state index is 0.00495. The van der Waals surface area contributed by atoms with Crippen LogP contribution >= 0.6 is 0 Å². The second kappa shape index (κ2) is 7.79. The van der Waals surface area contributed by atoms with Crippen molar-refractivity contribution in [3.8, 4) is 17.6 Å². The first-order chi connectivity index (χ1) is 11.6. The number of ether oxygens (including phenoxy) is 2. The van der Waals surface area contributed by atoms with Crippen LogP contribution in [0.25, 0.3) is 6.08 Å². The Hall–Kier alpha value is -3.33. The lowest BCUT2D eigenvalue weighted by Crippen LogP contribution is -2.14. The van der Waals surface area contributed by atoms with Crippen LogP contribution < -0.4 is 14.8 Å². The smallest absolute Gasteiger partial charge is 0.266 e. The minimum Gasteiger partial charge on any atom is -0.497 e. The van der Waals surface area contributed by atoms with Crippen molar-refractivity contribution in [2.75, 3.05) is 19.5 Å². The van der Waals surface area contributed by atoms with E-state index in [9.17, 15) is 14.4 Å². The van der Waals surface area contributed by atoms with Gasteiger partial charge in [-0.25, -0.2) is 4.39 Å². The molecule has 6 heteroatoms. The van der Waals surface area contributed by atoms with E-state index in [4.69, 9.17) is 9.47 Å². The van der Waals surface area contributed by atoms with Crippen molar-refractivity contribution in [1.29, 1.82) is 5.26 Å². The fourth-order valence-corrected chi connectivity index (χ4v) is 1.99. The number of carbonyl (C=O) groups excluding carboxylic acids is 1. The lowest BCUT2D eigenvalue weighted by atomic mass is 10.1. The van der Waals surface area contributed by atoms with Gasteiger partial charge in [-0.2, -0.15) is 5.26 Å². The number of hydrogen-bond donors (Lipinski definition) is 1. The van der Waals surface area contributed by atoms with Crippen molar-refractivity contribution in [3.63, 3.8) is 0 Å². The van der Waals surface area contributed by atoms with Gasteiger partial charge in [-0.1, -0.05) is 12.1 Å². The molecule has 0 saturated heterocycles. The van der Waals surface area contributed by atoms with E-state index >= 15 is 0 Å². The summed E-state index contributed by atoms with van der Waals surface area (Å²) in [6, 6.07) is 12.5. The molecule has 24 heavy (non-hydrogen) atoms.